The van der Waals surface area contributed by atoms with Crippen LogP contribution in [0.1, 0.15) is 5.56 Å². The van der Waals surface area contributed by atoms with E-state index in [2.05, 4.69) is 6.58 Å². The van der Waals surface area contributed by atoms with Gasteiger partial charge in [-0.1, -0.05) is 24.8 Å². The number of benzene rings is 1. The third-order valence-electron chi connectivity index (χ3n) is 2.33. The van der Waals surface area contributed by atoms with Crippen molar-refractivity contribution in [3.8, 4) is 12.1 Å². The Kier molecular flexibility index (Phi) is 2.44. The van der Waals surface area contributed by atoms with Crippen LogP contribution >= 0.6 is 0 Å². The molecule has 1 unspecified atom stereocenters. The van der Waals surface area contributed by atoms with Crippen LogP contribution in [0.2, 0.25) is 0 Å². The van der Waals surface area contributed by atoms with Gasteiger partial charge in [-0.05, 0) is 6.07 Å². The van der Waals surface area contributed by atoms with Crippen LogP contribution in [0.25, 0.3) is 5.57 Å². The van der Waals surface area contributed by atoms with E-state index in [0.717, 1.165) is 0 Å². The van der Waals surface area contributed by atoms with E-state index in [9.17, 15) is 4.21 Å². The van der Waals surface area contributed by atoms with Gasteiger partial charge in [0.25, 0.3) is 0 Å². The summed E-state index contributed by atoms with van der Waals surface area (Å²) in [5, 5.41) is 17.7. The number of nitriles is 2. The van der Waals surface area contributed by atoms with Crippen molar-refractivity contribution in [3.63, 3.8) is 0 Å². The number of rotatable bonds is 0. The van der Waals surface area contributed by atoms with Gasteiger partial charge in [-0.15, -0.1) is 0 Å². The number of fused-ring (bicyclic) bond motifs is 1. The number of hydrogen-bond acceptors (Lipinski definition) is 3. The van der Waals surface area contributed by atoms with Crippen molar-refractivity contribution in [3.05, 3.63) is 46.9 Å². The van der Waals surface area contributed by atoms with Gasteiger partial charge in [-0.3, -0.25) is 0 Å². The second kappa shape index (κ2) is 3.77. The molecule has 0 aromatic heterocycles. The van der Waals surface area contributed by atoms with Gasteiger partial charge in [-0.2, -0.15) is 10.5 Å². The topological polar surface area (TPSA) is 64.7 Å². The van der Waals surface area contributed by atoms with Crippen molar-refractivity contribution in [1.82, 2.24) is 0 Å². The zero-order chi connectivity index (χ0) is 11.7. The Morgan fingerprint density at radius 2 is 1.88 bits per heavy atom. The molecule has 0 aliphatic carbocycles. The van der Waals surface area contributed by atoms with E-state index >= 15 is 0 Å². The number of allylic oxidation sites excluding steroid dienone is 2. The van der Waals surface area contributed by atoms with Crippen LogP contribution in [0.5, 0.6) is 0 Å². The van der Waals surface area contributed by atoms with Gasteiger partial charge < -0.3 is 0 Å². The summed E-state index contributed by atoms with van der Waals surface area (Å²) in [4.78, 5) is 0.949. The molecule has 1 aliphatic heterocycles. The van der Waals surface area contributed by atoms with Crippen LogP contribution in [-0.4, -0.2) is 4.21 Å². The molecule has 16 heavy (non-hydrogen) atoms. The second-order valence-corrected chi connectivity index (χ2v) is 4.63. The van der Waals surface area contributed by atoms with Crippen molar-refractivity contribution in [1.29, 1.82) is 10.5 Å². The minimum absolute atomic E-state index is 0.0386. The van der Waals surface area contributed by atoms with Crippen molar-refractivity contribution in [2.24, 2.45) is 0 Å². The van der Waals surface area contributed by atoms with Gasteiger partial charge in [0, 0.05) is 16.0 Å². The standard InChI is InChI=1S/C12H6N2OS/c1-8-12(9(6-13)7-14)10-4-2-3-5-11(10)16(8)15/h2-5H,1H2. The maximum absolute atomic E-state index is 11.9. The van der Waals surface area contributed by atoms with E-state index in [1.807, 2.05) is 12.1 Å². The first-order valence-electron chi connectivity index (χ1n) is 4.45. The first-order chi connectivity index (χ1) is 7.70. The maximum atomic E-state index is 11.9. The van der Waals surface area contributed by atoms with Gasteiger partial charge in [0.1, 0.15) is 17.7 Å². The Bertz CT molecular complexity index is 613. The Morgan fingerprint density at radius 3 is 2.50 bits per heavy atom. The van der Waals surface area contributed by atoms with Crippen molar-refractivity contribution in [2.75, 3.05) is 0 Å². The van der Waals surface area contributed by atoms with Crippen molar-refractivity contribution >= 4 is 16.4 Å². The summed E-state index contributed by atoms with van der Waals surface area (Å²) in [5.74, 6) is 0. The van der Waals surface area contributed by atoms with Crippen molar-refractivity contribution < 1.29 is 4.21 Å². The third-order valence-corrected chi connectivity index (χ3v) is 3.74. The summed E-state index contributed by atoms with van der Waals surface area (Å²) >= 11 is 0. The summed E-state index contributed by atoms with van der Waals surface area (Å²) in [7, 11) is -1.35. The van der Waals surface area contributed by atoms with Gasteiger partial charge in [0.05, 0.1) is 15.7 Å². The van der Waals surface area contributed by atoms with Crippen molar-refractivity contribution in [2.45, 2.75) is 4.90 Å². The van der Waals surface area contributed by atoms with Gasteiger partial charge >= 0.3 is 0 Å². The second-order valence-electron chi connectivity index (χ2n) is 3.16. The van der Waals surface area contributed by atoms with Gasteiger partial charge in [0.15, 0.2) is 0 Å². The highest BCUT2D eigenvalue weighted by Crippen LogP contribution is 2.40. The van der Waals surface area contributed by atoms with E-state index in [1.54, 1.807) is 24.3 Å². The molecule has 0 spiro atoms. The van der Waals surface area contributed by atoms with Crippen LogP contribution in [0, 0.1) is 22.7 Å². The summed E-state index contributed by atoms with van der Waals surface area (Å²) < 4.78 is 11.9. The highest BCUT2D eigenvalue weighted by Gasteiger charge is 2.29. The first-order valence-corrected chi connectivity index (χ1v) is 5.60. The fraction of sp³-hybridized carbons (Fsp3) is 0. The number of hydrogen-bond donors (Lipinski definition) is 0. The monoisotopic (exact) mass is 226 g/mol. The van der Waals surface area contributed by atoms with E-state index in [0.29, 0.717) is 20.9 Å². The smallest absolute Gasteiger partial charge is 0.138 e. The largest absolute Gasteiger partial charge is 0.249 e. The Balaban J connectivity index is 2.84. The molecule has 1 heterocycles. The summed E-state index contributed by atoms with van der Waals surface area (Å²) in [6.07, 6.45) is 0. The van der Waals surface area contributed by atoms with Crippen LogP contribution in [0.4, 0.5) is 0 Å². The molecule has 0 fully saturated rings. The summed E-state index contributed by atoms with van der Waals surface area (Å²) in [5.41, 5.74) is 1.05. The molecule has 0 radical (unpaired) electrons. The predicted molar refractivity (Wildman–Crippen MR) is 60.1 cm³/mol. The van der Waals surface area contributed by atoms with Crippen LogP contribution < -0.4 is 0 Å². The van der Waals surface area contributed by atoms with Crippen LogP contribution in [0.3, 0.4) is 0 Å². The van der Waals surface area contributed by atoms with E-state index in [-0.39, 0.29) is 5.57 Å². The zero-order valence-electron chi connectivity index (χ0n) is 8.23. The quantitative estimate of drug-likeness (QED) is 0.636. The molecule has 0 N–H and O–H groups in total. The lowest BCUT2D eigenvalue weighted by atomic mass is 10.0. The molecule has 3 nitrogen and oxygen atoms in total. The maximum Gasteiger partial charge on any atom is 0.138 e. The first kappa shape index (κ1) is 10.4. The average Bonchev–Trinajstić information content (AvgIpc) is 2.57. The molecule has 2 rings (SSSR count). The molecule has 1 atom stereocenters. The molecule has 0 saturated heterocycles. The van der Waals surface area contributed by atoms with E-state index < -0.39 is 10.8 Å². The van der Waals surface area contributed by atoms with Gasteiger partial charge in [0.2, 0.25) is 0 Å². The Hall–Kier alpha value is -2.17. The Morgan fingerprint density at radius 1 is 1.25 bits per heavy atom. The average molecular weight is 226 g/mol. The van der Waals surface area contributed by atoms with Crippen LogP contribution in [-0.2, 0) is 10.8 Å². The molecular weight excluding hydrogens is 220 g/mol. The fourth-order valence-electron chi connectivity index (χ4n) is 1.62. The fourth-order valence-corrected chi connectivity index (χ4v) is 2.86. The molecule has 4 heteroatoms. The molecule has 1 aromatic rings. The highest BCUT2D eigenvalue weighted by molar-refractivity contribution is 7.90. The lowest BCUT2D eigenvalue weighted by Gasteiger charge is -1.97. The predicted octanol–water partition coefficient (Wildman–Crippen LogP) is 2.12. The van der Waals surface area contributed by atoms with E-state index in [1.165, 1.54) is 0 Å². The zero-order valence-corrected chi connectivity index (χ0v) is 9.04. The number of nitrogens with zero attached hydrogens (tertiary/aromatic N) is 2. The van der Waals surface area contributed by atoms with Crippen LogP contribution in [0.15, 0.2) is 46.2 Å². The lowest BCUT2D eigenvalue weighted by Crippen LogP contribution is -1.86. The third kappa shape index (κ3) is 1.29. The highest BCUT2D eigenvalue weighted by atomic mass is 32.2. The minimum Gasteiger partial charge on any atom is -0.249 e. The normalized spacial score (nSPS) is 17.5. The lowest BCUT2D eigenvalue weighted by molar-refractivity contribution is 0.688. The molecule has 0 saturated carbocycles. The Labute approximate surface area is 95.4 Å². The molecule has 1 aromatic carbocycles. The minimum atomic E-state index is -1.35. The SMILES string of the molecule is C=C1C(=C(C#N)C#N)c2ccccc2S1=O. The van der Waals surface area contributed by atoms with Gasteiger partial charge in [-0.25, -0.2) is 4.21 Å². The summed E-state index contributed by atoms with van der Waals surface area (Å²) in [6.45, 7) is 3.69. The molecule has 76 valence electrons. The molecular formula is C12H6N2OS. The molecule has 0 amide bonds. The molecule has 0 bridgehead atoms. The van der Waals surface area contributed by atoms with E-state index in [4.69, 9.17) is 10.5 Å². The summed E-state index contributed by atoms with van der Waals surface area (Å²) in [6, 6.07) is 10.6. The molecule has 1 aliphatic rings.